The Morgan fingerprint density at radius 1 is 1.05 bits per heavy atom. The summed E-state index contributed by atoms with van der Waals surface area (Å²) in [6.07, 6.45) is 0. The first-order valence-corrected chi connectivity index (χ1v) is 8.63. The van der Waals surface area contributed by atoms with E-state index < -0.39 is 26.4 Å². The van der Waals surface area contributed by atoms with Crippen molar-refractivity contribution in [1.29, 1.82) is 0 Å². The van der Waals surface area contributed by atoms with E-state index in [0.29, 0.717) is 5.56 Å². The van der Waals surface area contributed by atoms with Gasteiger partial charge >= 0.3 is 5.76 Å². The molecule has 0 atom stereocenters. The summed E-state index contributed by atoms with van der Waals surface area (Å²) in [5, 5.41) is 2.35. The second-order valence-corrected chi connectivity index (χ2v) is 7.39. The third-order valence-corrected chi connectivity index (χ3v) is 4.94. The Morgan fingerprint density at radius 2 is 1.64 bits per heavy atom. The molecular formula is C14H10F2INO3S. The number of hydrogen-bond acceptors (Lipinski definition) is 3. The van der Waals surface area contributed by atoms with Gasteiger partial charge in [0.05, 0.1) is 10.6 Å². The Labute approximate surface area is 139 Å². The Hall–Kier alpha value is -1.55. The Morgan fingerprint density at radius 3 is 2.23 bits per heavy atom. The standard InChI is InChI=1S/C14H10F2INO3S/c15-14(16)22(20,21)12-4-2-1-3-11(12)18-13(19)9-5-7-10(17)8-6-9/h1-8,14H,(H,18,19). The summed E-state index contributed by atoms with van der Waals surface area (Å²) in [6.45, 7) is 0. The maximum Gasteiger partial charge on any atom is 0.341 e. The molecule has 0 unspecified atom stereocenters. The van der Waals surface area contributed by atoms with Gasteiger partial charge in [0.25, 0.3) is 5.91 Å². The van der Waals surface area contributed by atoms with Gasteiger partial charge in [-0.2, -0.15) is 8.78 Å². The summed E-state index contributed by atoms with van der Waals surface area (Å²) in [4.78, 5) is 11.5. The van der Waals surface area contributed by atoms with E-state index >= 15 is 0 Å². The van der Waals surface area contributed by atoms with Gasteiger partial charge in [-0.15, -0.1) is 0 Å². The van der Waals surface area contributed by atoms with Gasteiger partial charge in [-0.3, -0.25) is 4.79 Å². The first kappa shape index (κ1) is 16.8. The Bertz CT molecular complexity index is 792. The van der Waals surface area contributed by atoms with Crippen LogP contribution in [0.4, 0.5) is 14.5 Å². The van der Waals surface area contributed by atoms with E-state index in [1.165, 1.54) is 18.2 Å². The number of carbonyl (C=O) groups is 1. The molecule has 0 aliphatic rings. The van der Waals surface area contributed by atoms with Gasteiger partial charge in [-0.25, -0.2) is 8.42 Å². The van der Waals surface area contributed by atoms with Crippen molar-refractivity contribution in [1.82, 2.24) is 0 Å². The molecule has 2 rings (SSSR count). The second-order valence-electron chi connectivity index (χ2n) is 4.26. The van der Waals surface area contributed by atoms with Crippen LogP contribution < -0.4 is 5.32 Å². The van der Waals surface area contributed by atoms with Crippen LogP contribution in [0.5, 0.6) is 0 Å². The first-order chi connectivity index (χ1) is 10.3. The molecule has 0 radical (unpaired) electrons. The van der Waals surface area contributed by atoms with Crippen LogP contribution in [0.1, 0.15) is 10.4 Å². The number of para-hydroxylation sites is 1. The molecule has 4 nitrogen and oxygen atoms in total. The fourth-order valence-electron chi connectivity index (χ4n) is 1.71. The summed E-state index contributed by atoms with van der Waals surface area (Å²) in [6, 6.07) is 11.6. The van der Waals surface area contributed by atoms with Crippen LogP contribution in [-0.4, -0.2) is 20.1 Å². The smallest absolute Gasteiger partial charge is 0.321 e. The highest BCUT2D eigenvalue weighted by molar-refractivity contribution is 14.1. The lowest BCUT2D eigenvalue weighted by atomic mass is 10.2. The molecule has 0 aliphatic carbocycles. The topological polar surface area (TPSA) is 63.2 Å². The molecule has 1 N–H and O–H groups in total. The van der Waals surface area contributed by atoms with Crippen molar-refractivity contribution in [2.24, 2.45) is 0 Å². The van der Waals surface area contributed by atoms with E-state index in [9.17, 15) is 22.0 Å². The summed E-state index contributed by atoms with van der Waals surface area (Å²) in [7, 11) is -4.79. The van der Waals surface area contributed by atoms with Crippen molar-refractivity contribution in [3.63, 3.8) is 0 Å². The number of anilines is 1. The van der Waals surface area contributed by atoms with Crippen LogP contribution >= 0.6 is 22.6 Å². The van der Waals surface area contributed by atoms with Gasteiger partial charge in [0, 0.05) is 9.13 Å². The number of carbonyl (C=O) groups excluding carboxylic acids is 1. The number of benzene rings is 2. The summed E-state index contributed by atoms with van der Waals surface area (Å²) < 4.78 is 49.5. The average molecular weight is 437 g/mol. The fourth-order valence-corrected chi connectivity index (χ4v) is 2.96. The lowest BCUT2D eigenvalue weighted by molar-refractivity contribution is 0.102. The quantitative estimate of drug-likeness (QED) is 0.745. The van der Waals surface area contributed by atoms with Crippen LogP contribution in [0, 0.1) is 3.57 Å². The maximum atomic E-state index is 12.7. The van der Waals surface area contributed by atoms with Crippen LogP contribution in [0.3, 0.4) is 0 Å². The monoisotopic (exact) mass is 437 g/mol. The number of alkyl halides is 2. The largest absolute Gasteiger partial charge is 0.341 e. The predicted molar refractivity (Wildman–Crippen MR) is 86.7 cm³/mol. The van der Waals surface area contributed by atoms with Crippen molar-refractivity contribution in [2.75, 3.05) is 5.32 Å². The van der Waals surface area contributed by atoms with Gasteiger partial charge in [0.15, 0.2) is 0 Å². The van der Waals surface area contributed by atoms with E-state index in [1.54, 1.807) is 24.3 Å². The molecule has 8 heteroatoms. The zero-order valence-corrected chi connectivity index (χ0v) is 13.9. The lowest BCUT2D eigenvalue weighted by Crippen LogP contribution is -2.17. The van der Waals surface area contributed by atoms with Crippen LogP contribution in [0.25, 0.3) is 0 Å². The number of nitrogens with one attached hydrogen (secondary N) is 1. The van der Waals surface area contributed by atoms with E-state index in [-0.39, 0.29) is 5.69 Å². The highest BCUT2D eigenvalue weighted by Gasteiger charge is 2.29. The fraction of sp³-hybridized carbons (Fsp3) is 0.0714. The van der Waals surface area contributed by atoms with Crippen molar-refractivity contribution >= 4 is 44.0 Å². The minimum atomic E-state index is -4.79. The number of amides is 1. The minimum absolute atomic E-state index is 0.175. The van der Waals surface area contributed by atoms with Gasteiger partial charge in [-0.1, -0.05) is 12.1 Å². The van der Waals surface area contributed by atoms with Gasteiger partial charge in [-0.05, 0) is 59.0 Å². The summed E-state index contributed by atoms with van der Waals surface area (Å²) >= 11 is 2.07. The predicted octanol–water partition coefficient (Wildman–Crippen LogP) is 3.54. The summed E-state index contributed by atoms with van der Waals surface area (Å²) in [5.74, 6) is -4.13. The molecule has 0 heterocycles. The highest BCUT2D eigenvalue weighted by Crippen LogP contribution is 2.26. The maximum absolute atomic E-state index is 12.7. The van der Waals surface area contributed by atoms with E-state index in [4.69, 9.17) is 0 Å². The Balaban J connectivity index is 2.35. The third-order valence-electron chi connectivity index (χ3n) is 2.78. The number of hydrogen-bond donors (Lipinski definition) is 1. The van der Waals surface area contributed by atoms with Gasteiger partial charge < -0.3 is 5.32 Å². The van der Waals surface area contributed by atoms with Gasteiger partial charge in [0.1, 0.15) is 0 Å². The molecule has 0 saturated carbocycles. The third kappa shape index (κ3) is 3.61. The Kier molecular flexibility index (Phi) is 5.12. The van der Waals surface area contributed by atoms with Crippen LogP contribution in [0.15, 0.2) is 53.4 Å². The van der Waals surface area contributed by atoms with E-state index in [1.807, 2.05) is 0 Å². The normalized spacial score (nSPS) is 11.5. The van der Waals surface area contributed by atoms with Crippen molar-refractivity contribution in [3.05, 3.63) is 57.7 Å². The molecule has 0 bridgehead atoms. The molecular weight excluding hydrogens is 427 g/mol. The van der Waals surface area contributed by atoms with Crippen LogP contribution in [0.2, 0.25) is 0 Å². The van der Waals surface area contributed by atoms with Crippen molar-refractivity contribution in [3.8, 4) is 0 Å². The SMILES string of the molecule is O=C(Nc1ccccc1S(=O)(=O)C(F)F)c1ccc(I)cc1. The summed E-state index contributed by atoms with van der Waals surface area (Å²) in [5.41, 5.74) is 0.121. The number of rotatable bonds is 4. The minimum Gasteiger partial charge on any atom is -0.321 e. The van der Waals surface area contributed by atoms with E-state index in [2.05, 4.69) is 27.9 Å². The molecule has 22 heavy (non-hydrogen) atoms. The van der Waals surface area contributed by atoms with Crippen molar-refractivity contribution < 1.29 is 22.0 Å². The highest BCUT2D eigenvalue weighted by atomic mass is 127. The van der Waals surface area contributed by atoms with Gasteiger partial charge in [0.2, 0.25) is 9.84 Å². The molecule has 2 aromatic rings. The second kappa shape index (κ2) is 6.69. The van der Waals surface area contributed by atoms with Crippen molar-refractivity contribution in [2.45, 2.75) is 10.7 Å². The molecule has 0 spiro atoms. The van der Waals surface area contributed by atoms with Crippen LogP contribution in [-0.2, 0) is 9.84 Å². The molecule has 1 amide bonds. The number of sulfone groups is 1. The first-order valence-electron chi connectivity index (χ1n) is 6.00. The molecule has 2 aromatic carbocycles. The molecule has 116 valence electrons. The van der Waals surface area contributed by atoms with E-state index in [0.717, 1.165) is 9.64 Å². The zero-order chi connectivity index (χ0) is 16.3. The lowest BCUT2D eigenvalue weighted by Gasteiger charge is -2.11. The molecule has 0 fully saturated rings. The average Bonchev–Trinajstić information content (AvgIpc) is 2.48. The molecule has 0 aromatic heterocycles. The molecule has 0 saturated heterocycles. The molecule has 0 aliphatic heterocycles. The zero-order valence-electron chi connectivity index (χ0n) is 11.0. The number of halogens is 3.